The SMILES string of the molecule is CC(C)(CO)COCC1CC2CCC1C2. The van der Waals surface area contributed by atoms with Crippen molar-refractivity contribution in [2.45, 2.75) is 39.5 Å². The quantitative estimate of drug-likeness (QED) is 0.758. The molecule has 0 aliphatic heterocycles. The zero-order valence-electron chi connectivity index (χ0n) is 10.0. The van der Waals surface area contributed by atoms with Gasteiger partial charge in [0.2, 0.25) is 0 Å². The fraction of sp³-hybridized carbons (Fsp3) is 1.00. The first-order chi connectivity index (χ1) is 7.11. The molecule has 2 bridgehead atoms. The maximum atomic E-state index is 9.11. The Morgan fingerprint density at radius 1 is 1.27 bits per heavy atom. The van der Waals surface area contributed by atoms with Crippen LogP contribution < -0.4 is 0 Å². The molecule has 0 aromatic heterocycles. The van der Waals surface area contributed by atoms with E-state index in [1.165, 1.54) is 25.7 Å². The van der Waals surface area contributed by atoms with Crippen LogP contribution in [0.2, 0.25) is 0 Å². The van der Waals surface area contributed by atoms with Gasteiger partial charge in [0.1, 0.15) is 0 Å². The molecule has 0 radical (unpaired) electrons. The van der Waals surface area contributed by atoms with Crippen LogP contribution >= 0.6 is 0 Å². The highest BCUT2D eigenvalue weighted by molar-refractivity contribution is 4.89. The van der Waals surface area contributed by atoms with Crippen molar-refractivity contribution in [1.82, 2.24) is 0 Å². The van der Waals surface area contributed by atoms with Gasteiger partial charge in [-0.1, -0.05) is 20.3 Å². The second kappa shape index (κ2) is 4.42. The zero-order chi connectivity index (χ0) is 10.9. The Kier molecular flexibility index (Phi) is 3.36. The summed E-state index contributed by atoms with van der Waals surface area (Å²) >= 11 is 0. The Bertz CT molecular complexity index is 213. The molecule has 0 saturated heterocycles. The van der Waals surface area contributed by atoms with Crippen LogP contribution in [0.15, 0.2) is 0 Å². The molecule has 3 unspecified atom stereocenters. The van der Waals surface area contributed by atoms with Gasteiger partial charge in [-0.25, -0.2) is 0 Å². The van der Waals surface area contributed by atoms with Crippen LogP contribution in [0.4, 0.5) is 0 Å². The van der Waals surface area contributed by atoms with E-state index in [9.17, 15) is 0 Å². The van der Waals surface area contributed by atoms with Crippen molar-refractivity contribution in [1.29, 1.82) is 0 Å². The minimum Gasteiger partial charge on any atom is -0.396 e. The third-order valence-corrected chi connectivity index (χ3v) is 4.14. The van der Waals surface area contributed by atoms with Crippen molar-refractivity contribution in [2.24, 2.45) is 23.2 Å². The Balaban J connectivity index is 1.67. The van der Waals surface area contributed by atoms with Gasteiger partial charge in [-0.3, -0.25) is 0 Å². The van der Waals surface area contributed by atoms with E-state index in [2.05, 4.69) is 0 Å². The molecule has 0 heterocycles. The lowest BCUT2D eigenvalue weighted by atomic mass is 9.89. The van der Waals surface area contributed by atoms with Gasteiger partial charge < -0.3 is 9.84 Å². The molecular formula is C13H24O2. The van der Waals surface area contributed by atoms with Gasteiger partial charge in [0.15, 0.2) is 0 Å². The van der Waals surface area contributed by atoms with E-state index >= 15 is 0 Å². The number of ether oxygens (including phenoxy) is 1. The third kappa shape index (κ3) is 2.73. The fourth-order valence-electron chi connectivity index (χ4n) is 3.11. The van der Waals surface area contributed by atoms with E-state index in [1.807, 2.05) is 13.8 Å². The van der Waals surface area contributed by atoms with Crippen molar-refractivity contribution >= 4 is 0 Å². The van der Waals surface area contributed by atoms with Crippen LogP contribution in [0.3, 0.4) is 0 Å². The van der Waals surface area contributed by atoms with Crippen molar-refractivity contribution in [2.75, 3.05) is 19.8 Å². The minimum absolute atomic E-state index is 0.0718. The second-order valence-corrected chi connectivity index (χ2v) is 6.27. The summed E-state index contributed by atoms with van der Waals surface area (Å²) in [7, 11) is 0. The number of aliphatic hydroxyl groups excluding tert-OH is 1. The predicted octanol–water partition coefficient (Wildman–Crippen LogP) is 2.46. The highest BCUT2D eigenvalue weighted by Crippen LogP contribution is 2.48. The summed E-state index contributed by atoms with van der Waals surface area (Å²) in [6, 6.07) is 0. The van der Waals surface area contributed by atoms with E-state index in [-0.39, 0.29) is 12.0 Å². The number of rotatable bonds is 5. The van der Waals surface area contributed by atoms with Gasteiger partial charge in [-0.15, -0.1) is 0 Å². The summed E-state index contributed by atoms with van der Waals surface area (Å²) in [5.74, 6) is 2.78. The number of aliphatic hydroxyl groups is 1. The Morgan fingerprint density at radius 3 is 2.60 bits per heavy atom. The van der Waals surface area contributed by atoms with E-state index in [0.29, 0.717) is 6.61 Å². The molecule has 2 saturated carbocycles. The van der Waals surface area contributed by atoms with Crippen LogP contribution in [0.1, 0.15) is 39.5 Å². The highest BCUT2D eigenvalue weighted by Gasteiger charge is 2.39. The normalized spacial score (nSPS) is 35.0. The van der Waals surface area contributed by atoms with Gasteiger partial charge in [0, 0.05) is 12.0 Å². The van der Waals surface area contributed by atoms with Crippen LogP contribution in [-0.2, 0) is 4.74 Å². The van der Waals surface area contributed by atoms with Crippen molar-refractivity contribution < 1.29 is 9.84 Å². The molecule has 0 aromatic rings. The number of fused-ring (bicyclic) bond motifs is 2. The Morgan fingerprint density at radius 2 is 2.07 bits per heavy atom. The summed E-state index contributed by atoms with van der Waals surface area (Å²) in [6.45, 7) is 5.92. The number of hydrogen-bond acceptors (Lipinski definition) is 2. The molecule has 1 N–H and O–H groups in total. The molecular weight excluding hydrogens is 188 g/mol. The molecule has 2 fully saturated rings. The average Bonchev–Trinajstić information content (AvgIpc) is 2.79. The molecule has 88 valence electrons. The smallest absolute Gasteiger partial charge is 0.0539 e. The van der Waals surface area contributed by atoms with Gasteiger partial charge >= 0.3 is 0 Å². The maximum absolute atomic E-state index is 9.11. The van der Waals surface area contributed by atoms with Crippen molar-refractivity contribution in [3.05, 3.63) is 0 Å². The summed E-state index contributed by atoms with van der Waals surface area (Å²) in [6.07, 6.45) is 5.74. The molecule has 15 heavy (non-hydrogen) atoms. The van der Waals surface area contributed by atoms with Gasteiger partial charge in [0.25, 0.3) is 0 Å². The summed E-state index contributed by atoms with van der Waals surface area (Å²) in [5.41, 5.74) is -0.0718. The molecule has 2 nitrogen and oxygen atoms in total. The zero-order valence-corrected chi connectivity index (χ0v) is 10.0. The molecule has 0 amide bonds. The molecule has 0 spiro atoms. The van der Waals surface area contributed by atoms with Crippen LogP contribution in [-0.4, -0.2) is 24.9 Å². The van der Waals surface area contributed by atoms with Crippen molar-refractivity contribution in [3.63, 3.8) is 0 Å². The van der Waals surface area contributed by atoms with Crippen molar-refractivity contribution in [3.8, 4) is 0 Å². The van der Waals surface area contributed by atoms with E-state index < -0.39 is 0 Å². The van der Waals surface area contributed by atoms with E-state index in [0.717, 1.165) is 24.4 Å². The van der Waals surface area contributed by atoms with Crippen LogP contribution in [0, 0.1) is 23.2 Å². The molecule has 0 aromatic carbocycles. The van der Waals surface area contributed by atoms with E-state index in [1.54, 1.807) is 0 Å². The lowest BCUT2D eigenvalue weighted by Gasteiger charge is -2.25. The fourth-order valence-corrected chi connectivity index (χ4v) is 3.11. The average molecular weight is 212 g/mol. The maximum Gasteiger partial charge on any atom is 0.0539 e. The minimum atomic E-state index is -0.0718. The van der Waals surface area contributed by atoms with Gasteiger partial charge in [0.05, 0.1) is 13.2 Å². The predicted molar refractivity (Wildman–Crippen MR) is 60.6 cm³/mol. The lowest BCUT2D eigenvalue weighted by molar-refractivity contribution is 0.00447. The molecule has 3 atom stereocenters. The Labute approximate surface area is 93.0 Å². The highest BCUT2D eigenvalue weighted by atomic mass is 16.5. The molecule has 2 aliphatic rings. The topological polar surface area (TPSA) is 29.5 Å². The number of hydrogen-bond donors (Lipinski definition) is 1. The standard InChI is InChI=1S/C13H24O2/c1-13(2,8-14)9-15-7-12-6-10-3-4-11(12)5-10/h10-12,14H,3-9H2,1-2H3. The first-order valence-corrected chi connectivity index (χ1v) is 6.29. The molecule has 2 aliphatic carbocycles. The first-order valence-electron chi connectivity index (χ1n) is 6.29. The molecule has 2 rings (SSSR count). The van der Waals surface area contributed by atoms with Crippen LogP contribution in [0.5, 0.6) is 0 Å². The lowest BCUT2D eigenvalue weighted by Crippen LogP contribution is -2.26. The molecule has 2 heteroatoms. The summed E-state index contributed by atoms with van der Waals surface area (Å²) in [4.78, 5) is 0. The summed E-state index contributed by atoms with van der Waals surface area (Å²) < 4.78 is 5.77. The third-order valence-electron chi connectivity index (χ3n) is 4.14. The van der Waals surface area contributed by atoms with Gasteiger partial charge in [-0.05, 0) is 37.0 Å². The second-order valence-electron chi connectivity index (χ2n) is 6.27. The first kappa shape index (κ1) is 11.4. The van der Waals surface area contributed by atoms with Crippen LogP contribution in [0.25, 0.3) is 0 Å². The monoisotopic (exact) mass is 212 g/mol. The van der Waals surface area contributed by atoms with E-state index in [4.69, 9.17) is 9.84 Å². The van der Waals surface area contributed by atoms with Gasteiger partial charge in [-0.2, -0.15) is 0 Å². The largest absolute Gasteiger partial charge is 0.396 e. The Hall–Kier alpha value is -0.0800. The summed E-state index contributed by atoms with van der Waals surface area (Å²) in [5, 5.41) is 9.11.